The Balaban J connectivity index is 1.39. The highest BCUT2D eigenvalue weighted by Crippen LogP contribution is 2.44. The fraction of sp³-hybridized carbons (Fsp3) is 0.222. The topological polar surface area (TPSA) is 147 Å². The number of ether oxygens (including phenoxy) is 1. The molecule has 4 N–H and O–H groups in total. The van der Waals surface area contributed by atoms with Crippen LogP contribution >= 0.6 is 34.9 Å². The van der Waals surface area contributed by atoms with Gasteiger partial charge in [-0.1, -0.05) is 72.7 Å². The zero-order valence-electron chi connectivity index (χ0n) is 21.2. The van der Waals surface area contributed by atoms with Gasteiger partial charge in [-0.05, 0) is 16.9 Å². The summed E-state index contributed by atoms with van der Waals surface area (Å²) in [6.07, 6.45) is -0.677. The summed E-state index contributed by atoms with van der Waals surface area (Å²) in [7, 11) is 0. The van der Waals surface area contributed by atoms with Crippen LogP contribution in [0.4, 0.5) is 5.13 Å². The van der Waals surface area contributed by atoms with Crippen LogP contribution in [-0.2, 0) is 19.1 Å². The van der Waals surface area contributed by atoms with Crippen molar-refractivity contribution in [1.29, 1.82) is 0 Å². The van der Waals surface area contributed by atoms with Gasteiger partial charge in [-0.2, -0.15) is 0 Å². The number of hydrogen-bond acceptors (Lipinski definition) is 11. The van der Waals surface area contributed by atoms with Crippen LogP contribution in [0.3, 0.4) is 0 Å². The molecule has 10 nitrogen and oxygen atoms in total. The van der Waals surface area contributed by atoms with Crippen LogP contribution < -0.4 is 11.1 Å². The molecule has 1 saturated heterocycles. The third kappa shape index (κ3) is 5.44. The fourth-order valence-corrected chi connectivity index (χ4v) is 7.38. The number of β-lactam (4-membered cyclic amide) rings is 1. The lowest BCUT2D eigenvalue weighted by Gasteiger charge is -2.49. The van der Waals surface area contributed by atoms with Crippen molar-refractivity contribution in [3.63, 3.8) is 0 Å². The lowest BCUT2D eigenvalue weighted by molar-refractivity contribution is -0.154. The fourth-order valence-electron chi connectivity index (χ4n) is 4.43. The molecule has 2 atom stereocenters. The molecule has 1 fully saturated rings. The van der Waals surface area contributed by atoms with E-state index in [2.05, 4.69) is 15.5 Å². The monoisotopic (exact) mass is 595 g/mol. The van der Waals surface area contributed by atoms with Crippen molar-refractivity contribution < 1.29 is 24.3 Å². The number of nitrogens with two attached hydrogens (primary N) is 1. The van der Waals surface area contributed by atoms with Crippen molar-refractivity contribution >= 4 is 63.5 Å². The van der Waals surface area contributed by atoms with Gasteiger partial charge in [-0.15, -0.1) is 34.9 Å². The first-order chi connectivity index (χ1) is 19.4. The van der Waals surface area contributed by atoms with Crippen LogP contribution in [0.25, 0.3) is 0 Å². The van der Waals surface area contributed by atoms with Gasteiger partial charge in [0.1, 0.15) is 22.8 Å². The van der Waals surface area contributed by atoms with Gasteiger partial charge < -0.3 is 21.0 Å². The van der Waals surface area contributed by atoms with E-state index in [1.807, 2.05) is 67.6 Å². The van der Waals surface area contributed by atoms with Gasteiger partial charge in [0, 0.05) is 16.0 Å². The number of esters is 1. The number of thioether (sulfide) groups is 2. The zero-order chi connectivity index (χ0) is 28.2. The number of oxime groups is 1. The molecule has 0 radical (unpaired) electrons. The SMILES string of the molecule is CCSC1=C(C(=O)OC(c2ccccc2)c2ccccc2)N2C(=O)[C@@H](NC(=O)/C(=N/O)c3csc(N)n3)[C@H]2SC1. The Bertz CT molecular complexity index is 1440. The lowest BCUT2D eigenvalue weighted by Crippen LogP contribution is -2.71. The Morgan fingerprint density at radius 2 is 1.85 bits per heavy atom. The number of fused-ring (bicyclic) bond motifs is 1. The number of aromatic nitrogens is 1. The maximum Gasteiger partial charge on any atom is 0.356 e. The molecule has 0 saturated carbocycles. The predicted molar refractivity (Wildman–Crippen MR) is 156 cm³/mol. The normalized spacial score (nSPS) is 18.8. The van der Waals surface area contributed by atoms with Crippen LogP contribution in [0.2, 0.25) is 0 Å². The molecule has 3 aromatic rings. The molecule has 2 amide bonds. The summed E-state index contributed by atoms with van der Waals surface area (Å²) in [5.41, 5.74) is 7.16. The van der Waals surface area contributed by atoms with E-state index in [0.29, 0.717) is 11.5 Å². The van der Waals surface area contributed by atoms with Crippen LogP contribution in [-0.4, -0.2) is 61.5 Å². The van der Waals surface area contributed by atoms with Gasteiger partial charge in [0.05, 0.1) is 0 Å². The molecule has 2 aliphatic rings. The molecule has 0 bridgehead atoms. The van der Waals surface area contributed by atoms with E-state index in [9.17, 15) is 19.6 Å². The molecule has 5 rings (SSSR count). The highest BCUT2D eigenvalue weighted by Gasteiger charge is 2.55. The molecule has 2 aliphatic heterocycles. The Labute approximate surface area is 242 Å². The van der Waals surface area contributed by atoms with Crippen LogP contribution in [0.1, 0.15) is 29.8 Å². The standard InChI is InChI=1S/C27H25N5O5S3/c1-2-38-18-14-39-25-20(30-23(33)19(31-36)17-13-40-27(28)29-17)24(34)32(25)21(18)26(35)37-22(15-9-5-3-6-10-15)16-11-7-4-8-12-16/h3-13,20,22,25,36H,2,14H2,1H3,(H2,28,29)(H,30,33)/b31-19+/t20-,25-/m1/s1. The predicted octanol–water partition coefficient (Wildman–Crippen LogP) is 3.60. The summed E-state index contributed by atoms with van der Waals surface area (Å²) in [4.78, 5) is 46.2. The summed E-state index contributed by atoms with van der Waals surface area (Å²) in [5.74, 6) is -0.686. The maximum atomic E-state index is 13.8. The van der Waals surface area contributed by atoms with Gasteiger partial charge in [-0.3, -0.25) is 14.5 Å². The first-order valence-electron chi connectivity index (χ1n) is 12.3. The van der Waals surface area contributed by atoms with Crippen LogP contribution in [0, 0.1) is 0 Å². The highest BCUT2D eigenvalue weighted by atomic mass is 32.2. The van der Waals surface area contributed by atoms with E-state index in [1.165, 1.54) is 33.8 Å². The quantitative estimate of drug-likeness (QED) is 0.111. The summed E-state index contributed by atoms with van der Waals surface area (Å²) < 4.78 is 6.10. The summed E-state index contributed by atoms with van der Waals surface area (Å²) >= 11 is 4.00. The van der Waals surface area contributed by atoms with E-state index >= 15 is 0 Å². The molecule has 206 valence electrons. The molecule has 0 aliphatic carbocycles. The minimum absolute atomic E-state index is 0.0982. The highest BCUT2D eigenvalue weighted by molar-refractivity contribution is 8.06. The first-order valence-corrected chi connectivity index (χ1v) is 15.2. The number of nitrogens with one attached hydrogen (secondary N) is 1. The Hall–Kier alpha value is -3.81. The summed E-state index contributed by atoms with van der Waals surface area (Å²) in [6.45, 7) is 1.97. The Morgan fingerprint density at radius 3 is 2.40 bits per heavy atom. The Kier molecular flexibility index (Phi) is 8.43. The lowest BCUT2D eigenvalue weighted by atomic mass is 10.0. The van der Waals surface area contributed by atoms with Crippen molar-refractivity contribution in [2.75, 3.05) is 17.2 Å². The van der Waals surface area contributed by atoms with Gasteiger partial charge >= 0.3 is 5.97 Å². The minimum atomic E-state index is -0.930. The van der Waals surface area contributed by atoms with E-state index in [4.69, 9.17) is 10.5 Å². The van der Waals surface area contributed by atoms with Crippen molar-refractivity contribution in [2.45, 2.75) is 24.4 Å². The maximum absolute atomic E-state index is 13.8. The van der Waals surface area contributed by atoms with E-state index in [1.54, 1.807) is 0 Å². The second kappa shape index (κ2) is 12.1. The third-order valence-corrected chi connectivity index (χ3v) is 9.35. The van der Waals surface area contributed by atoms with Crippen molar-refractivity contribution in [2.24, 2.45) is 5.16 Å². The molecule has 1 aromatic heterocycles. The largest absolute Gasteiger partial charge is 0.448 e. The smallest absolute Gasteiger partial charge is 0.356 e. The molecule has 13 heteroatoms. The minimum Gasteiger partial charge on any atom is -0.448 e. The number of rotatable bonds is 9. The third-order valence-electron chi connectivity index (χ3n) is 6.24. The van der Waals surface area contributed by atoms with Gasteiger partial charge in [0.15, 0.2) is 16.9 Å². The van der Waals surface area contributed by atoms with Crippen LogP contribution in [0.5, 0.6) is 0 Å². The second-order valence-electron chi connectivity index (χ2n) is 8.69. The van der Waals surface area contributed by atoms with E-state index < -0.39 is 35.3 Å². The van der Waals surface area contributed by atoms with Crippen LogP contribution in [0.15, 0.2) is 81.8 Å². The van der Waals surface area contributed by atoms with Gasteiger partial charge in [0.2, 0.25) is 0 Å². The Morgan fingerprint density at radius 1 is 1.20 bits per heavy atom. The summed E-state index contributed by atoms with van der Waals surface area (Å²) in [6, 6.07) is 17.9. The summed E-state index contributed by atoms with van der Waals surface area (Å²) in [5, 5.41) is 16.3. The molecule has 0 unspecified atom stereocenters. The number of anilines is 1. The number of nitrogen functional groups attached to an aromatic ring is 1. The number of benzene rings is 2. The average Bonchev–Trinajstić information content (AvgIpc) is 3.41. The molecular weight excluding hydrogens is 571 g/mol. The number of carbonyl (C=O) groups excluding carboxylic acids is 3. The average molecular weight is 596 g/mol. The molecule has 0 spiro atoms. The van der Waals surface area contributed by atoms with Gasteiger partial charge in [0.25, 0.3) is 11.8 Å². The number of thiazole rings is 1. The number of carbonyl (C=O) groups is 3. The molecule has 3 heterocycles. The molecule has 40 heavy (non-hydrogen) atoms. The van der Waals surface area contributed by atoms with E-state index in [-0.39, 0.29) is 22.2 Å². The van der Waals surface area contributed by atoms with E-state index in [0.717, 1.165) is 27.4 Å². The number of hydrogen-bond donors (Lipinski definition) is 3. The number of nitrogens with zero attached hydrogens (tertiary/aromatic N) is 3. The molecule has 2 aromatic carbocycles. The van der Waals surface area contributed by atoms with Gasteiger partial charge in [-0.25, -0.2) is 9.78 Å². The van der Waals surface area contributed by atoms with Crippen molar-refractivity contribution in [3.8, 4) is 0 Å². The van der Waals surface area contributed by atoms with Crippen molar-refractivity contribution in [3.05, 3.63) is 93.5 Å². The second-order valence-corrected chi connectivity index (χ2v) is 12.0. The zero-order valence-corrected chi connectivity index (χ0v) is 23.7. The first kappa shape index (κ1) is 27.7. The van der Waals surface area contributed by atoms with Crippen molar-refractivity contribution in [1.82, 2.24) is 15.2 Å². The number of amides is 2. The molecular formula is C27H25N5O5S3.